The molecule has 0 fully saturated rings. The van der Waals surface area contributed by atoms with Crippen molar-refractivity contribution in [2.24, 2.45) is 0 Å². The fraction of sp³-hybridized carbons (Fsp3) is 0.500. The maximum Gasteiger partial charge on any atom is 0.251 e. The Morgan fingerprint density at radius 3 is 2.65 bits per heavy atom. The Labute approximate surface area is 104 Å². The molecule has 0 aliphatic carbocycles. The highest BCUT2D eigenvalue weighted by atomic mass is 16.1. The lowest BCUT2D eigenvalue weighted by atomic mass is 10.1. The van der Waals surface area contributed by atoms with Gasteiger partial charge in [0.25, 0.3) is 5.91 Å². The summed E-state index contributed by atoms with van der Waals surface area (Å²) in [5.74, 6) is -0.0365. The molecule has 0 heterocycles. The predicted octanol–water partition coefficient (Wildman–Crippen LogP) is 2.96. The first-order chi connectivity index (χ1) is 8.19. The molecule has 0 saturated heterocycles. The summed E-state index contributed by atoms with van der Waals surface area (Å²) in [4.78, 5) is 11.4. The van der Waals surface area contributed by atoms with Gasteiger partial charge in [-0.1, -0.05) is 19.8 Å². The van der Waals surface area contributed by atoms with Crippen molar-refractivity contribution in [3.05, 3.63) is 29.3 Å². The van der Waals surface area contributed by atoms with Gasteiger partial charge in [-0.05, 0) is 37.1 Å². The van der Waals surface area contributed by atoms with Crippen LogP contribution >= 0.6 is 0 Å². The van der Waals surface area contributed by atoms with E-state index in [0.717, 1.165) is 17.8 Å². The van der Waals surface area contributed by atoms with Crippen molar-refractivity contribution in [2.45, 2.75) is 33.1 Å². The van der Waals surface area contributed by atoms with Crippen LogP contribution in [-0.4, -0.2) is 19.5 Å². The quantitative estimate of drug-likeness (QED) is 0.743. The van der Waals surface area contributed by atoms with Gasteiger partial charge in [-0.2, -0.15) is 0 Å². The van der Waals surface area contributed by atoms with E-state index in [2.05, 4.69) is 17.6 Å². The standard InChI is InChI=1S/C14H22N2O/c1-4-5-6-9-16-13-8-7-12(10-11(13)2)14(17)15-3/h7-8,10,16H,4-6,9H2,1-3H3,(H,15,17). The summed E-state index contributed by atoms with van der Waals surface area (Å²) in [5.41, 5.74) is 2.94. The van der Waals surface area contributed by atoms with Crippen LogP contribution in [0.3, 0.4) is 0 Å². The topological polar surface area (TPSA) is 41.1 Å². The molecule has 0 atom stereocenters. The van der Waals surface area contributed by atoms with Crippen molar-refractivity contribution >= 4 is 11.6 Å². The molecule has 3 heteroatoms. The molecule has 1 rings (SSSR count). The molecule has 0 unspecified atom stereocenters. The minimum atomic E-state index is -0.0365. The van der Waals surface area contributed by atoms with Gasteiger partial charge in [0, 0.05) is 24.8 Å². The van der Waals surface area contributed by atoms with Gasteiger partial charge in [0.1, 0.15) is 0 Å². The molecule has 1 aromatic rings. The number of carbonyl (C=O) groups is 1. The summed E-state index contributed by atoms with van der Waals surface area (Å²) in [6.07, 6.45) is 3.67. The Hall–Kier alpha value is -1.51. The molecule has 1 amide bonds. The van der Waals surface area contributed by atoms with Crippen LogP contribution in [-0.2, 0) is 0 Å². The van der Waals surface area contributed by atoms with Gasteiger partial charge in [-0.15, -0.1) is 0 Å². The predicted molar refractivity (Wildman–Crippen MR) is 72.6 cm³/mol. The molecule has 2 N–H and O–H groups in total. The lowest BCUT2D eigenvalue weighted by molar-refractivity contribution is 0.0963. The third-order valence-electron chi connectivity index (χ3n) is 2.81. The largest absolute Gasteiger partial charge is 0.385 e. The normalized spacial score (nSPS) is 10.1. The smallest absolute Gasteiger partial charge is 0.251 e. The van der Waals surface area contributed by atoms with E-state index in [4.69, 9.17) is 0 Å². The van der Waals surface area contributed by atoms with E-state index in [1.807, 2.05) is 25.1 Å². The Balaban J connectivity index is 2.60. The summed E-state index contributed by atoms with van der Waals surface area (Å²) < 4.78 is 0. The number of hydrogen-bond acceptors (Lipinski definition) is 2. The minimum absolute atomic E-state index is 0.0365. The third-order valence-corrected chi connectivity index (χ3v) is 2.81. The van der Waals surface area contributed by atoms with Gasteiger partial charge in [0.05, 0.1) is 0 Å². The Morgan fingerprint density at radius 1 is 1.29 bits per heavy atom. The van der Waals surface area contributed by atoms with Crippen LogP contribution in [0.4, 0.5) is 5.69 Å². The van der Waals surface area contributed by atoms with Crippen molar-refractivity contribution in [3.8, 4) is 0 Å². The van der Waals surface area contributed by atoms with E-state index in [-0.39, 0.29) is 5.91 Å². The molecule has 0 spiro atoms. The van der Waals surface area contributed by atoms with Crippen molar-refractivity contribution in [1.82, 2.24) is 5.32 Å². The van der Waals surface area contributed by atoms with Crippen LogP contribution in [0.5, 0.6) is 0 Å². The molecular weight excluding hydrogens is 212 g/mol. The molecule has 0 radical (unpaired) electrons. The Bertz CT molecular complexity index is 374. The summed E-state index contributed by atoms with van der Waals surface area (Å²) in [7, 11) is 1.65. The molecule has 17 heavy (non-hydrogen) atoms. The van der Waals surface area contributed by atoms with Gasteiger partial charge in [-0.25, -0.2) is 0 Å². The monoisotopic (exact) mass is 234 g/mol. The Kier molecular flexibility index (Phi) is 5.53. The van der Waals surface area contributed by atoms with Crippen LogP contribution in [0.1, 0.15) is 42.1 Å². The number of nitrogens with one attached hydrogen (secondary N) is 2. The maximum absolute atomic E-state index is 11.4. The molecule has 0 aliphatic heterocycles. The number of rotatable bonds is 6. The molecule has 0 aromatic heterocycles. The van der Waals surface area contributed by atoms with E-state index in [0.29, 0.717) is 5.56 Å². The second kappa shape index (κ2) is 6.94. The summed E-state index contributed by atoms with van der Waals surface area (Å²) in [6.45, 7) is 5.21. The molecule has 3 nitrogen and oxygen atoms in total. The highest BCUT2D eigenvalue weighted by Gasteiger charge is 2.05. The number of anilines is 1. The van der Waals surface area contributed by atoms with E-state index in [9.17, 15) is 4.79 Å². The summed E-state index contributed by atoms with van der Waals surface area (Å²) >= 11 is 0. The van der Waals surface area contributed by atoms with Crippen molar-refractivity contribution in [1.29, 1.82) is 0 Å². The number of aryl methyl sites for hydroxylation is 1. The van der Waals surface area contributed by atoms with Crippen LogP contribution in [0.25, 0.3) is 0 Å². The van der Waals surface area contributed by atoms with E-state index >= 15 is 0 Å². The average Bonchev–Trinajstić information content (AvgIpc) is 2.35. The highest BCUT2D eigenvalue weighted by molar-refractivity contribution is 5.94. The number of benzene rings is 1. The number of hydrogen-bond donors (Lipinski definition) is 2. The van der Waals surface area contributed by atoms with Crippen molar-refractivity contribution in [2.75, 3.05) is 18.9 Å². The van der Waals surface area contributed by atoms with Gasteiger partial charge in [0.15, 0.2) is 0 Å². The molecular formula is C14H22N2O. The van der Waals surface area contributed by atoms with E-state index in [1.54, 1.807) is 7.05 Å². The minimum Gasteiger partial charge on any atom is -0.385 e. The molecule has 94 valence electrons. The summed E-state index contributed by atoms with van der Waals surface area (Å²) in [6, 6.07) is 5.75. The molecule has 1 aromatic carbocycles. The molecule has 0 aliphatic rings. The highest BCUT2D eigenvalue weighted by Crippen LogP contribution is 2.16. The molecule has 0 saturated carbocycles. The number of unbranched alkanes of at least 4 members (excludes halogenated alkanes) is 2. The van der Waals surface area contributed by atoms with Gasteiger partial charge < -0.3 is 10.6 Å². The van der Waals surface area contributed by atoms with Gasteiger partial charge in [-0.3, -0.25) is 4.79 Å². The van der Waals surface area contributed by atoms with E-state index in [1.165, 1.54) is 19.3 Å². The lowest BCUT2D eigenvalue weighted by Crippen LogP contribution is -2.18. The van der Waals surface area contributed by atoms with Crippen LogP contribution in [0.2, 0.25) is 0 Å². The Morgan fingerprint density at radius 2 is 2.06 bits per heavy atom. The zero-order chi connectivity index (χ0) is 12.7. The maximum atomic E-state index is 11.4. The zero-order valence-corrected chi connectivity index (χ0v) is 11.0. The van der Waals surface area contributed by atoms with Crippen molar-refractivity contribution < 1.29 is 4.79 Å². The first-order valence-electron chi connectivity index (χ1n) is 6.25. The zero-order valence-electron chi connectivity index (χ0n) is 11.0. The van der Waals surface area contributed by atoms with Crippen LogP contribution in [0.15, 0.2) is 18.2 Å². The lowest BCUT2D eigenvalue weighted by Gasteiger charge is -2.10. The fourth-order valence-corrected chi connectivity index (χ4v) is 1.75. The van der Waals surface area contributed by atoms with Crippen LogP contribution < -0.4 is 10.6 Å². The SMILES string of the molecule is CCCCCNc1ccc(C(=O)NC)cc1C. The summed E-state index contributed by atoms with van der Waals surface area (Å²) in [5, 5.41) is 6.03. The first kappa shape index (κ1) is 13.6. The average molecular weight is 234 g/mol. The van der Waals surface area contributed by atoms with Gasteiger partial charge in [0.2, 0.25) is 0 Å². The second-order valence-electron chi connectivity index (χ2n) is 4.24. The van der Waals surface area contributed by atoms with Gasteiger partial charge >= 0.3 is 0 Å². The van der Waals surface area contributed by atoms with Crippen molar-refractivity contribution in [3.63, 3.8) is 0 Å². The first-order valence-corrected chi connectivity index (χ1v) is 6.25. The van der Waals surface area contributed by atoms with Crippen LogP contribution in [0, 0.1) is 6.92 Å². The fourth-order valence-electron chi connectivity index (χ4n) is 1.75. The second-order valence-corrected chi connectivity index (χ2v) is 4.24. The van der Waals surface area contributed by atoms with E-state index < -0.39 is 0 Å². The third kappa shape index (κ3) is 4.10. The molecule has 0 bridgehead atoms. The number of carbonyl (C=O) groups excluding carboxylic acids is 1. The number of amides is 1.